The van der Waals surface area contributed by atoms with Gasteiger partial charge in [-0.2, -0.15) is 4.31 Å². The van der Waals surface area contributed by atoms with E-state index in [1.165, 1.54) is 4.31 Å². The molecule has 3 aliphatic rings. The lowest BCUT2D eigenvalue weighted by atomic mass is 9.79. The molecule has 3 fully saturated rings. The average Bonchev–Trinajstić information content (AvgIpc) is 3.64. The average molecular weight is 602 g/mol. The number of benzene rings is 2. The Morgan fingerprint density at radius 2 is 1.73 bits per heavy atom. The molecule has 5 rings (SSSR count). The van der Waals surface area contributed by atoms with E-state index >= 15 is 0 Å². The number of ether oxygens (including phenoxy) is 1. The fourth-order valence-corrected chi connectivity index (χ4v) is 8.60. The quantitative estimate of drug-likeness (QED) is 0.448. The van der Waals surface area contributed by atoms with Crippen LogP contribution in [-0.4, -0.2) is 77.4 Å². The zero-order valence-corrected chi connectivity index (χ0v) is 24.9. The van der Waals surface area contributed by atoms with Gasteiger partial charge in [-0.3, -0.25) is 4.79 Å². The molecule has 222 valence electrons. The molecule has 2 aromatic carbocycles. The Bertz CT molecular complexity index is 1440. The Morgan fingerprint density at radius 1 is 1.02 bits per heavy atom. The Kier molecular flexibility index (Phi) is 9.01. The lowest BCUT2D eigenvalue weighted by Gasteiger charge is -2.33. The Labute approximate surface area is 243 Å². The highest BCUT2D eigenvalue weighted by Crippen LogP contribution is 2.41. The minimum absolute atomic E-state index is 0.0111. The van der Waals surface area contributed by atoms with Crippen LogP contribution < -0.4 is 4.72 Å². The number of carbonyl (C=O) groups excluding carboxylic acids is 1. The molecule has 0 radical (unpaired) electrons. The maximum atomic E-state index is 14.0. The number of carbonyl (C=O) groups is 1. The predicted octanol–water partition coefficient (Wildman–Crippen LogP) is 3.26. The summed E-state index contributed by atoms with van der Waals surface area (Å²) in [6.45, 7) is 6.54. The zero-order chi connectivity index (χ0) is 29.1. The first-order valence-electron chi connectivity index (χ1n) is 14.3. The van der Waals surface area contributed by atoms with Crippen molar-refractivity contribution in [2.24, 2.45) is 5.41 Å². The van der Waals surface area contributed by atoms with Gasteiger partial charge >= 0.3 is 0 Å². The van der Waals surface area contributed by atoms with Gasteiger partial charge in [-0.25, -0.2) is 21.6 Å². The van der Waals surface area contributed by atoms with E-state index in [4.69, 9.17) is 4.74 Å². The summed E-state index contributed by atoms with van der Waals surface area (Å²) in [5.41, 5.74) is 1.96. The van der Waals surface area contributed by atoms with Crippen molar-refractivity contribution in [1.29, 1.82) is 0 Å². The number of amides is 1. The van der Waals surface area contributed by atoms with Crippen molar-refractivity contribution in [2.75, 3.05) is 39.4 Å². The second-order valence-corrected chi connectivity index (χ2v) is 15.0. The first kappa shape index (κ1) is 29.9. The summed E-state index contributed by atoms with van der Waals surface area (Å²) < 4.78 is 60.1. The van der Waals surface area contributed by atoms with E-state index in [-0.39, 0.29) is 22.8 Å². The summed E-state index contributed by atoms with van der Waals surface area (Å²) in [6.07, 6.45) is 4.66. The van der Waals surface area contributed by atoms with Crippen LogP contribution in [0, 0.1) is 5.41 Å². The molecule has 1 spiro atoms. The third-order valence-electron chi connectivity index (χ3n) is 8.84. The number of likely N-dealkylation sites (tertiary alicyclic amines) is 1. The first-order valence-corrected chi connectivity index (χ1v) is 17.3. The Balaban J connectivity index is 1.36. The van der Waals surface area contributed by atoms with Gasteiger partial charge in [0.15, 0.2) is 0 Å². The predicted molar refractivity (Wildman–Crippen MR) is 157 cm³/mol. The molecule has 41 heavy (non-hydrogen) atoms. The van der Waals surface area contributed by atoms with E-state index in [0.29, 0.717) is 25.8 Å². The molecular formula is C30H39N3O6S2. The first-order chi connectivity index (χ1) is 19.6. The molecule has 2 aromatic rings. The van der Waals surface area contributed by atoms with E-state index in [9.17, 15) is 21.6 Å². The summed E-state index contributed by atoms with van der Waals surface area (Å²) in [5.74, 6) is -0.362. The molecule has 3 heterocycles. The van der Waals surface area contributed by atoms with Gasteiger partial charge < -0.3 is 9.64 Å². The van der Waals surface area contributed by atoms with Gasteiger partial charge in [0.05, 0.1) is 10.8 Å². The monoisotopic (exact) mass is 601 g/mol. The number of hydrogen-bond donors (Lipinski definition) is 1. The highest BCUT2D eigenvalue weighted by Gasteiger charge is 2.42. The highest BCUT2D eigenvalue weighted by molar-refractivity contribution is 7.92. The molecule has 9 nitrogen and oxygen atoms in total. The molecule has 3 saturated heterocycles. The van der Waals surface area contributed by atoms with Crippen LogP contribution in [0.2, 0.25) is 0 Å². The number of sulfonamides is 2. The summed E-state index contributed by atoms with van der Waals surface area (Å²) in [7, 11) is -7.51. The Hall–Kier alpha value is -2.57. The van der Waals surface area contributed by atoms with Gasteiger partial charge in [-0.1, -0.05) is 49.0 Å². The van der Waals surface area contributed by atoms with Crippen molar-refractivity contribution in [3.05, 3.63) is 77.7 Å². The van der Waals surface area contributed by atoms with Crippen LogP contribution in [0.15, 0.2) is 71.5 Å². The van der Waals surface area contributed by atoms with E-state index < -0.39 is 32.0 Å². The number of nitrogens with zero attached hydrogens (tertiary/aromatic N) is 2. The van der Waals surface area contributed by atoms with Crippen LogP contribution in [0.4, 0.5) is 0 Å². The van der Waals surface area contributed by atoms with Gasteiger partial charge in [0, 0.05) is 50.8 Å². The van der Waals surface area contributed by atoms with Crippen LogP contribution in [0.1, 0.15) is 49.1 Å². The minimum Gasteiger partial charge on any atom is -0.381 e. The topological polar surface area (TPSA) is 113 Å². The fourth-order valence-electron chi connectivity index (χ4n) is 6.36. The number of rotatable bonds is 10. The second-order valence-electron chi connectivity index (χ2n) is 11.4. The van der Waals surface area contributed by atoms with E-state index in [1.807, 2.05) is 35.2 Å². The minimum atomic E-state index is -3.85. The zero-order valence-electron chi connectivity index (χ0n) is 23.3. The Morgan fingerprint density at radius 3 is 2.41 bits per heavy atom. The van der Waals surface area contributed by atoms with Gasteiger partial charge in [0.25, 0.3) is 0 Å². The molecule has 0 aromatic heterocycles. The molecule has 0 saturated carbocycles. The largest absolute Gasteiger partial charge is 0.381 e. The summed E-state index contributed by atoms with van der Waals surface area (Å²) in [5, 5.41) is 0.818. The van der Waals surface area contributed by atoms with Gasteiger partial charge in [0.1, 0.15) is 0 Å². The fraction of sp³-hybridized carbons (Fsp3) is 0.500. The molecule has 3 aliphatic heterocycles. The van der Waals surface area contributed by atoms with E-state index in [1.54, 1.807) is 24.3 Å². The van der Waals surface area contributed by atoms with Gasteiger partial charge in [0.2, 0.25) is 26.0 Å². The molecule has 1 amide bonds. The molecule has 11 heteroatoms. The maximum Gasteiger partial charge on any atom is 0.243 e. The molecular weight excluding hydrogens is 562 g/mol. The van der Waals surface area contributed by atoms with Crippen molar-refractivity contribution in [3.63, 3.8) is 0 Å². The summed E-state index contributed by atoms with van der Waals surface area (Å²) >= 11 is 0. The molecule has 0 aliphatic carbocycles. The van der Waals surface area contributed by atoms with E-state index in [2.05, 4.69) is 11.3 Å². The van der Waals surface area contributed by atoms with Gasteiger partial charge in [-0.05, 0) is 67.2 Å². The smallest absolute Gasteiger partial charge is 0.243 e. The SMILES string of the molecule is C=CS(=O)(=O)NC[C@H]1CCCN1S(=O)(=O)c1ccc(C(Cc2ccccc2)C(=O)N2CCC3(CCOCC3)C2)cc1. The van der Waals surface area contributed by atoms with Crippen molar-refractivity contribution in [2.45, 2.75) is 55.4 Å². The normalized spacial score (nSPS) is 22.1. The molecule has 1 unspecified atom stereocenters. The number of hydrogen-bond acceptors (Lipinski definition) is 6. The van der Waals surface area contributed by atoms with Crippen molar-refractivity contribution in [3.8, 4) is 0 Å². The van der Waals surface area contributed by atoms with Crippen molar-refractivity contribution >= 4 is 26.0 Å². The maximum absolute atomic E-state index is 14.0. The highest BCUT2D eigenvalue weighted by atomic mass is 32.2. The van der Waals surface area contributed by atoms with Crippen LogP contribution >= 0.6 is 0 Å². The third-order valence-corrected chi connectivity index (χ3v) is 11.8. The van der Waals surface area contributed by atoms with Crippen LogP contribution in [0.3, 0.4) is 0 Å². The van der Waals surface area contributed by atoms with Crippen LogP contribution in [0.25, 0.3) is 0 Å². The third kappa shape index (κ3) is 6.75. The van der Waals surface area contributed by atoms with Crippen LogP contribution in [0.5, 0.6) is 0 Å². The molecule has 1 N–H and O–H groups in total. The molecule has 2 atom stereocenters. The van der Waals surface area contributed by atoms with Crippen molar-refractivity contribution < 1.29 is 26.4 Å². The van der Waals surface area contributed by atoms with Gasteiger partial charge in [-0.15, -0.1) is 0 Å². The number of nitrogens with one attached hydrogen (secondary N) is 1. The summed E-state index contributed by atoms with van der Waals surface area (Å²) in [4.78, 5) is 16.1. The standard InChI is InChI=1S/C30H39N3O6S2/c1-2-40(35,36)31-22-26-9-6-17-33(26)41(37,38)27-12-10-25(11-13-27)28(21-24-7-4-3-5-8-24)29(34)32-18-14-30(23-32)15-19-39-20-16-30/h2-5,7-8,10-13,26,28,31H,1,6,9,14-23H2/t26-,28?/m1/s1. The molecule has 0 bridgehead atoms. The van der Waals surface area contributed by atoms with E-state index in [0.717, 1.165) is 62.1 Å². The second kappa shape index (κ2) is 12.3. The van der Waals surface area contributed by atoms with Crippen LogP contribution in [-0.2, 0) is 36.0 Å². The van der Waals surface area contributed by atoms with Crippen molar-refractivity contribution in [1.82, 2.24) is 13.9 Å². The summed E-state index contributed by atoms with van der Waals surface area (Å²) in [6, 6.07) is 16.1. The lowest BCUT2D eigenvalue weighted by Crippen LogP contribution is -2.42. The lowest BCUT2D eigenvalue weighted by molar-refractivity contribution is -0.132.